The molecule has 1 unspecified atom stereocenters. The number of nitrogens with two attached hydrogens (primary N) is 1. The van der Waals surface area contributed by atoms with Gasteiger partial charge in [-0.1, -0.05) is 13.8 Å². The van der Waals surface area contributed by atoms with Crippen LogP contribution < -0.4 is 5.73 Å². The maximum Gasteiger partial charge on any atom is 0.0720 e. The number of nitriles is 1. The second-order valence-corrected chi connectivity index (χ2v) is 3.76. The van der Waals surface area contributed by atoms with Gasteiger partial charge in [0.1, 0.15) is 0 Å². The molecule has 1 atom stereocenters. The number of aliphatic hydroxyl groups excluding tert-OH is 1. The van der Waals surface area contributed by atoms with Crippen molar-refractivity contribution in [3.8, 4) is 6.07 Å². The third-order valence-electron chi connectivity index (χ3n) is 2.21. The number of rotatable bonds is 5. The molecule has 0 aliphatic rings. The van der Waals surface area contributed by atoms with E-state index in [4.69, 9.17) is 11.0 Å². The molecule has 0 saturated heterocycles. The summed E-state index contributed by atoms with van der Waals surface area (Å²) in [6.45, 7) is 4.57. The molecule has 0 rings (SSSR count). The van der Waals surface area contributed by atoms with Crippen molar-refractivity contribution in [2.24, 2.45) is 11.1 Å². The molecule has 70 valence electrons. The summed E-state index contributed by atoms with van der Waals surface area (Å²) in [5.74, 6) is 0. The van der Waals surface area contributed by atoms with E-state index in [9.17, 15) is 5.11 Å². The van der Waals surface area contributed by atoms with Gasteiger partial charge in [-0.3, -0.25) is 0 Å². The van der Waals surface area contributed by atoms with Crippen LogP contribution in [0.1, 0.15) is 33.1 Å². The normalized spacial score (nSPS) is 13.9. The molecule has 0 saturated carbocycles. The second kappa shape index (κ2) is 5.13. The Labute approximate surface area is 74.2 Å². The van der Waals surface area contributed by atoms with Gasteiger partial charge in [-0.2, -0.15) is 5.26 Å². The molecule has 0 bridgehead atoms. The zero-order valence-corrected chi connectivity index (χ0v) is 7.88. The van der Waals surface area contributed by atoms with E-state index in [0.29, 0.717) is 6.54 Å². The molecule has 0 aromatic rings. The van der Waals surface area contributed by atoms with E-state index in [-0.39, 0.29) is 11.8 Å². The first-order valence-corrected chi connectivity index (χ1v) is 4.29. The van der Waals surface area contributed by atoms with E-state index in [1.54, 1.807) is 0 Å². The highest BCUT2D eigenvalue weighted by Gasteiger charge is 2.26. The van der Waals surface area contributed by atoms with E-state index in [1.165, 1.54) is 0 Å². The van der Waals surface area contributed by atoms with Gasteiger partial charge in [0.05, 0.1) is 18.6 Å². The third-order valence-corrected chi connectivity index (χ3v) is 2.21. The van der Waals surface area contributed by atoms with Crippen molar-refractivity contribution in [3.05, 3.63) is 0 Å². The molecule has 0 aliphatic heterocycles. The Balaban J connectivity index is 3.92. The molecule has 0 radical (unpaired) electrons. The lowest BCUT2D eigenvalue weighted by molar-refractivity contribution is 0.0470. The van der Waals surface area contributed by atoms with Crippen molar-refractivity contribution in [3.63, 3.8) is 0 Å². The van der Waals surface area contributed by atoms with Crippen molar-refractivity contribution in [1.29, 1.82) is 5.26 Å². The van der Waals surface area contributed by atoms with Crippen LogP contribution in [0.25, 0.3) is 0 Å². The number of nitrogens with zero attached hydrogens (tertiary/aromatic N) is 1. The van der Waals surface area contributed by atoms with E-state index in [2.05, 4.69) is 0 Å². The minimum atomic E-state index is -0.533. The summed E-state index contributed by atoms with van der Waals surface area (Å²) >= 11 is 0. The molecule has 12 heavy (non-hydrogen) atoms. The molecule has 0 heterocycles. The molecule has 3 N–H and O–H groups in total. The van der Waals surface area contributed by atoms with Gasteiger partial charge in [-0.05, 0) is 24.8 Å². The summed E-state index contributed by atoms with van der Waals surface area (Å²) in [5, 5.41) is 17.9. The van der Waals surface area contributed by atoms with Crippen molar-refractivity contribution < 1.29 is 5.11 Å². The molecular formula is C9H18N2O. The molecule has 0 spiro atoms. The van der Waals surface area contributed by atoms with Gasteiger partial charge in [0, 0.05) is 0 Å². The van der Waals surface area contributed by atoms with E-state index in [0.717, 1.165) is 12.8 Å². The van der Waals surface area contributed by atoms with Gasteiger partial charge in [0.15, 0.2) is 0 Å². The van der Waals surface area contributed by atoms with Crippen LogP contribution >= 0.6 is 0 Å². The Bertz CT molecular complexity index is 160. The molecular weight excluding hydrogens is 152 g/mol. The van der Waals surface area contributed by atoms with Crippen LogP contribution in [0, 0.1) is 16.7 Å². The van der Waals surface area contributed by atoms with Crippen LogP contribution in [-0.4, -0.2) is 17.8 Å². The van der Waals surface area contributed by atoms with E-state index < -0.39 is 6.10 Å². The summed E-state index contributed by atoms with van der Waals surface area (Å²) < 4.78 is 0. The molecule has 0 amide bonds. The van der Waals surface area contributed by atoms with Crippen LogP contribution in [0.4, 0.5) is 0 Å². The molecule has 0 fully saturated rings. The lowest BCUT2D eigenvalue weighted by Crippen LogP contribution is -2.29. The van der Waals surface area contributed by atoms with Crippen LogP contribution in [0.2, 0.25) is 0 Å². The van der Waals surface area contributed by atoms with Crippen LogP contribution in [0.3, 0.4) is 0 Å². The first-order chi connectivity index (χ1) is 5.54. The monoisotopic (exact) mass is 170 g/mol. The number of hydrogen-bond acceptors (Lipinski definition) is 3. The zero-order valence-electron chi connectivity index (χ0n) is 7.88. The quantitative estimate of drug-likeness (QED) is 0.647. The highest BCUT2D eigenvalue weighted by Crippen LogP contribution is 2.28. The smallest absolute Gasteiger partial charge is 0.0720 e. The summed E-state index contributed by atoms with van der Waals surface area (Å²) in [5.41, 5.74) is 5.18. The van der Waals surface area contributed by atoms with Gasteiger partial charge >= 0.3 is 0 Å². The molecule has 0 aliphatic carbocycles. The van der Waals surface area contributed by atoms with Gasteiger partial charge in [-0.25, -0.2) is 0 Å². The van der Waals surface area contributed by atoms with Crippen molar-refractivity contribution in [2.75, 3.05) is 6.54 Å². The van der Waals surface area contributed by atoms with Crippen LogP contribution in [-0.2, 0) is 0 Å². The first-order valence-electron chi connectivity index (χ1n) is 4.29. The Morgan fingerprint density at radius 1 is 1.58 bits per heavy atom. The average Bonchev–Trinajstić information content (AvgIpc) is 2.01. The second-order valence-electron chi connectivity index (χ2n) is 3.76. The molecule has 0 aromatic carbocycles. The zero-order chi connectivity index (χ0) is 9.61. The van der Waals surface area contributed by atoms with Gasteiger partial charge in [0.25, 0.3) is 0 Å². The standard InChI is InChI=1S/C9H18N2O/c1-9(2,5-3-6-10)8(12)4-7-11/h8,12H,3-6,10H2,1-2H3. The third kappa shape index (κ3) is 3.70. The maximum atomic E-state index is 9.54. The Hall–Kier alpha value is -0.590. The topological polar surface area (TPSA) is 70.0 Å². The highest BCUT2D eigenvalue weighted by atomic mass is 16.3. The number of hydrogen-bond donors (Lipinski definition) is 2. The maximum absolute atomic E-state index is 9.54. The van der Waals surface area contributed by atoms with Crippen molar-refractivity contribution >= 4 is 0 Å². The fraction of sp³-hybridized carbons (Fsp3) is 0.889. The van der Waals surface area contributed by atoms with Crippen molar-refractivity contribution in [1.82, 2.24) is 0 Å². The van der Waals surface area contributed by atoms with Crippen LogP contribution in [0.15, 0.2) is 0 Å². The summed E-state index contributed by atoms with van der Waals surface area (Å²) in [4.78, 5) is 0. The largest absolute Gasteiger partial charge is 0.391 e. The predicted molar refractivity (Wildman–Crippen MR) is 48.3 cm³/mol. The lowest BCUT2D eigenvalue weighted by Gasteiger charge is -2.28. The Morgan fingerprint density at radius 2 is 2.17 bits per heavy atom. The Kier molecular flexibility index (Phi) is 4.87. The summed E-state index contributed by atoms with van der Waals surface area (Å²) in [6, 6.07) is 1.97. The fourth-order valence-electron chi connectivity index (χ4n) is 1.09. The minimum Gasteiger partial charge on any atom is -0.391 e. The van der Waals surface area contributed by atoms with Gasteiger partial charge < -0.3 is 10.8 Å². The average molecular weight is 170 g/mol. The van der Waals surface area contributed by atoms with Crippen molar-refractivity contribution in [2.45, 2.75) is 39.2 Å². The Morgan fingerprint density at radius 3 is 2.58 bits per heavy atom. The van der Waals surface area contributed by atoms with E-state index >= 15 is 0 Å². The van der Waals surface area contributed by atoms with Crippen LogP contribution in [0.5, 0.6) is 0 Å². The molecule has 0 aromatic heterocycles. The van der Waals surface area contributed by atoms with Gasteiger partial charge in [-0.15, -0.1) is 0 Å². The lowest BCUT2D eigenvalue weighted by atomic mass is 9.81. The van der Waals surface area contributed by atoms with Gasteiger partial charge in [0.2, 0.25) is 0 Å². The first kappa shape index (κ1) is 11.4. The summed E-state index contributed by atoms with van der Waals surface area (Å²) in [6.07, 6.45) is 1.44. The molecule has 3 heteroatoms. The van der Waals surface area contributed by atoms with E-state index in [1.807, 2.05) is 19.9 Å². The SMILES string of the molecule is CC(C)(CCCN)C(O)CC#N. The summed E-state index contributed by atoms with van der Waals surface area (Å²) in [7, 11) is 0. The highest BCUT2D eigenvalue weighted by molar-refractivity contribution is 4.85. The molecule has 3 nitrogen and oxygen atoms in total. The fourth-order valence-corrected chi connectivity index (χ4v) is 1.09. The minimum absolute atomic E-state index is 0.185. The predicted octanol–water partition coefficient (Wildman–Crippen LogP) is 1.03. The number of aliphatic hydroxyl groups is 1.